The summed E-state index contributed by atoms with van der Waals surface area (Å²) < 4.78 is 0. The van der Waals surface area contributed by atoms with Gasteiger partial charge in [-0.05, 0) is 12.1 Å². The van der Waals surface area contributed by atoms with Gasteiger partial charge in [0.15, 0.2) is 0 Å². The van der Waals surface area contributed by atoms with Gasteiger partial charge < -0.3 is 10.4 Å². The molecule has 1 aromatic carbocycles. The molecule has 2 aliphatic rings. The van der Waals surface area contributed by atoms with E-state index in [9.17, 15) is 19.2 Å². The molecular formula is C14H13N3O5. The lowest BCUT2D eigenvalue weighted by molar-refractivity contribution is -0.125. The zero-order valence-electron chi connectivity index (χ0n) is 11.5. The van der Waals surface area contributed by atoms with Crippen molar-refractivity contribution in [3.05, 3.63) is 35.4 Å². The molecule has 2 heterocycles. The summed E-state index contributed by atoms with van der Waals surface area (Å²) in [4.78, 5) is 49.0. The number of rotatable bonds is 2. The number of nitrogens with one attached hydrogen (secondary N) is 1. The fraction of sp³-hybridized carbons (Fsp3) is 0.286. The SMILES string of the molecule is O=C1CN(C(=O)O)C[C@@H](CN2C(=O)c3ccccc3C2=O)N1. The molecular weight excluding hydrogens is 290 g/mol. The maximum absolute atomic E-state index is 12.2. The van der Waals surface area contributed by atoms with Crippen LogP contribution in [0.3, 0.4) is 0 Å². The first-order valence-corrected chi connectivity index (χ1v) is 6.70. The van der Waals surface area contributed by atoms with E-state index in [0.29, 0.717) is 11.1 Å². The van der Waals surface area contributed by atoms with Gasteiger partial charge >= 0.3 is 6.09 Å². The molecule has 2 N–H and O–H groups in total. The van der Waals surface area contributed by atoms with Gasteiger partial charge in [-0.3, -0.25) is 24.2 Å². The monoisotopic (exact) mass is 303 g/mol. The molecule has 4 amide bonds. The molecule has 22 heavy (non-hydrogen) atoms. The van der Waals surface area contributed by atoms with Crippen LogP contribution >= 0.6 is 0 Å². The van der Waals surface area contributed by atoms with E-state index in [1.54, 1.807) is 24.3 Å². The molecule has 0 radical (unpaired) electrons. The standard InChI is InChI=1S/C14H13N3O5/c18-11-7-16(14(21)22)5-8(15-11)6-17-12(19)9-3-1-2-4-10(9)13(17)20/h1-4,8H,5-7H2,(H,15,18)(H,21,22)/t8-/m0/s1. The fourth-order valence-corrected chi connectivity index (χ4v) is 2.70. The molecule has 1 atom stereocenters. The van der Waals surface area contributed by atoms with E-state index < -0.39 is 29.9 Å². The number of imide groups is 1. The summed E-state index contributed by atoms with van der Waals surface area (Å²) in [7, 11) is 0. The number of carboxylic acid groups (broad SMARTS) is 1. The molecule has 114 valence electrons. The first-order valence-electron chi connectivity index (χ1n) is 6.70. The summed E-state index contributed by atoms with van der Waals surface area (Å²) in [6, 6.07) is 5.86. The average molecular weight is 303 g/mol. The van der Waals surface area contributed by atoms with Crippen LogP contribution in [0.15, 0.2) is 24.3 Å². The van der Waals surface area contributed by atoms with Crippen molar-refractivity contribution < 1.29 is 24.3 Å². The Morgan fingerprint density at radius 1 is 1.18 bits per heavy atom. The van der Waals surface area contributed by atoms with Gasteiger partial charge in [-0.15, -0.1) is 0 Å². The molecule has 8 heteroatoms. The van der Waals surface area contributed by atoms with E-state index in [1.807, 2.05) is 0 Å². The zero-order valence-corrected chi connectivity index (χ0v) is 11.5. The number of carbonyl (C=O) groups is 4. The van der Waals surface area contributed by atoms with Gasteiger partial charge in [-0.1, -0.05) is 12.1 Å². The minimum absolute atomic E-state index is 0.0362. The van der Waals surface area contributed by atoms with Crippen LogP contribution in [0.4, 0.5) is 4.79 Å². The smallest absolute Gasteiger partial charge is 0.407 e. The van der Waals surface area contributed by atoms with Gasteiger partial charge in [0.25, 0.3) is 11.8 Å². The predicted octanol–water partition coefficient (Wildman–Crippen LogP) is -0.239. The summed E-state index contributed by atoms with van der Waals surface area (Å²) in [5, 5.41) is 11.6. The van der Waals surface area contributed by atoms with Crippen molar-refractivity contribution in [2.45, 2.75) is 6.04 Å². The van der Waals surface area contributed by atoms with Crippen molar-refractivity contribution in [1.82, 2.24) is 15.1 Å². The number of carbonyl (C=O) groups excluding carboxylic acids is 3. The van der Waals surface area contributed by atoms with Crippen LogP contribution in [0.5, 0.6) is 0 Å². The summed E-state index contributed by atoms with van der Waals surface area (Å²) in [6.45, 7) is -0.260. The highest BCUT2D eigenvalue weighted by Gasteiger charge is 2.38. The highest BCUT2D eigenvalue weighted by atomic mass is 16.4. The van der Waals surface area contributed by atoms with Crippen LogP contribution < -0.4 is 5.32 Å². The van der Waals surface area contributed by atoms with Crippen LogP contribution in [-0.2, 0) is 4.79 Å². The number of amides is 4. The normalized spacial score (nSPS) is 20.9. The number of piperazine rings is 1. The highest BCUT2D eigenvalue weighted by Crippen LogP contribution is 2.22. The third kappa shape index (κ3) is 2.28. The van der Waals surface area contributed by atoms with Crippen LogP contribution in [-0.4, -0.2) is 64.4 Å². The number of hydrogen-bond acceptors (Lipinski definition) is 4. The Morgan fingerprint density at radius 3 is 2.32 bits per heavy atom. The lowest BCUT2D eigenvalue weighted by atomic mass is 10.1. The van der Waals surface area contributed by atoms with E-state index in [4.69, 9.17) is 5.11 Å². The molecule has 8 nitrogen and oxygen atoms in total. The lowest BCUT2D eigenvalue weighted by Gasteiger charge is -2.32. The summed E-state index contributed by atoms with van der Waals surface area (Å²) in [6.07, 6.45) is -1.21. The summed E-state index contributed by atoms with van der Waals surface area (Å²) in [5.41, 5.74) is 0.648. The number of hydrogen-bond donors (Lipinski definition) is 2. The van der Waals surface area contributed by atoms with Gasteiger partial charge in [0.05, 0.1) is 23.7 Å². The van der Waals surface area contributed by atoms with Gasteiger partial charge in [-0.25, -0.2) is 4.79 Å². The third-order valence-electron chi connectivity index (χ3n) is 3.69. The Balaban J connectivity index is 1.77. The maximum Gasteiger partial charge on any atom is 0.407 e. The molecule has 0 saturated carbocycles. The molecule has 0 aliphatic carbocycles. The van der Waals surface area contributed by atoms with Crippen molar-refractivity contribution in [1.29, 1.82) is 0 Å². The molecule has 1 fully saturated rings. The Hall–Kier alpha value is -2.90. The second kappa shape index (κ2) is 5.14. The molecule has 1 saturated heterocycles. The first kappa shape index (κ1) is 14.1. The van der Waals surface area contributed by atoms with E-state index >= 15 is 0 Å². The van der Waals surface area contributed by atoms with Crippen molar-refractivity contribution >= 4 is 23.8 Å². The number of benzene rings is 1. The van der Waals surface area contributed by atoms with Crippen molar-refractivity contribution in [2.75, 3.05) is 19.6 Å². The molecule has 2 aliphatic heterocycles. The molecule has 0 spiro atoms. The minimum Gasteiger partial charge on any atom is -0.465 e. The van der Waals surface area contributed by atoms with Gasteiger partial charge in [0.1, 0.15) is 6.54 Å². The number of nitrogens with zero attached hydrogens (tertiary/aromatic N) is 2. The molecule has 0 aromatic heterocycles. The molecule has 0 unspecified atom stereocenters. The minimum atomic E-state index is -1.21. The largest absolute Gasteiger partial charge is 0.465 e. The topological polar surface area (TPSA) is 107 Å². The van der Waals surface area contributed by atoms with Crippen LogP contribution in [0.2, 0.25) is 0 Å². The van der Waals surface area contributed by atoms with Crippen molar-refractivity contribution in [2.24, 2.45) is 0 Å². The Kier molecular flexibility index (Phi) is 3.28. The Bertz CT molecular complexity index is 652. The maximum atomic E-state index is 12.2. The van der Waals surface area contributed by atoms with E-state index in [-0.39, 0.29) is 19.6 Å². The fourth-order valence-electron chi connectivity index (χ4n) is 2.70. The predicted molar refractivity (Wildman–Crippen MR) is 73.3 cm³/mol. The molecule has 3 rings (SSSR count). The van der Waals surface area contributed by atoms with Gasteiger partial charge in [0, 0.05) is 6.54 Å². The Labute approximate surface area is 125 Å². The van der Waals surface area contributed by atoms with E-state index in [1.165, 1.54) is 0 Å². The van der Waals surface area contributed by atoms with Gasteiger partial charge in [0.2, 0.25) is 5.91 Å². The number of fused-ring (bicyclic) bond motifs is 1. The average Bonchev–Trinajstić information content (AvgIpc) is 2.72. The van der Waals surface area contributed by atoms with E-state index in [0.717, 1.165) is 9.80 Å². The first-order chi connectivity index (χ1) is 10.5. The Morgan fingerprint density at radius 2 is 1.77 bits per heavy atom. The van der Waals surface area contributed by atoms with Gasteiger partial charge in [-0.2, -0.15) is 0 Å². The summed E-state index contributed by atoms with van der Waals surface area (Å²) in [5.74, 6) is -1.31. The lowest BCUT2D eigenvalue weighted by Crippen LogP contribution is -2.59. The van der Waals surface area contributed by atoms with E-state index in [2.05, 4.69) is 5.32 Å². The summed E-state index contributed by atoms with van der Waals surface area (Å²) >= 11 is 0. The quantitative estimate of drug-likeness (QED) is 0.733. The van der Waals surface area contributed by atoms with Crippen LogP contribution in [0, 0.1) is 0 Å². The zero-order chi connectivity index (χ0) is 15.9. The highest BCUT2D eigenvalue weighted by molar-refractivity contribution is 6.21. The second-order valence-corrected chi connectivity index (χ2v) is 5.19. The van der Waals surface area contributed by atoms with Crippen molar-refractivity contribution in [3.63, 3.8) is 0 Å². The molecule has 1 aromatic rings. The second-order valence-electron chi connectivity index (χ2n) is 5.19. The van der Waals surface area contributed by atoms with Crippen LogP contribution in [0.25, 0.3) is 0 Å². The van der Waals surface area contributed by atoms with Crippen LogP contribution in [0.1, 0.15) is 20.7 Å². The third-order valence-corrected chi connectivity index (χ3v) is 3.69. The molecule has 0 bridgehead atoms. The van der Waals surface area contributed by atoms with Crippen molar-refractivity contribution in [3.8, 4) is 0 Å².